The molecule has 0 aliphatic heterocycles. The number of nitrogens with zero attached hydrogens (tertiary/aromatic N) is 4. The van der Waals surface area contributed by atoms with Crippen molar-refractivity contribution in [1.29, 1.82) is 5.26 Å². The van der Waals surface area contributed by atoms with Gasteiger partial charge in [-0.15, -0.1) is 0 Å². The van der Waals surface area contributed by atoms with Gasteiger partial charge in [-0.25, -0.2) is 4.68 Å². The number of nitriles is 1. The van der Waals surface area contributed by atoms with Crippen LogP contribution in [0.2, 0.25) is 5.02 Å². The maximum absolute atomic E-state index is 12.9. The maximum Gasteiger partial charge on any atom is 0.447 e. The SMILES string of the molecule is Cn1c(SC(F)(F)F)c(Br)c(Br)c1-n1cc(-c2ccc(Cl)c(C3(C#N)CC3)c2)cn1. The van der Waals surface area contributed by atoms with Gasteiger partial charge in [0, 0.05) is 35.6 Å². The van der Waals surface area contributed by atoms with Crippen molar-refractivity contribution in [3.05, 3.63) is 50.1 Å². The molecule has 0 saturated heterocycles. The fourth-order valence-corrected chi connectivity index (χ4v) is 5.67. The second-order valence-corrected chi connectivity index (χ2v) is 9.97. The Morgan fingerprint density at radius 1 is 1.23 bits per heavy atom. The molecular formula is C19H12Br2ClF3N4S. The first-order valence-electron chi connectivity index (χ1n) is 8.62. The molecule has 0 bridgehead atoms. The van der Waals surface area contributed by atoms with Crippen LogP contribution < -0.4 is 0 Å². The van der Waals surface area contributed by atoms with Crippen LogP contribution in [0.25, 0.3) is 16.9 Å². The van der Waals surface area contributed by atoms with Gasteiger partial charge in [-0.1, -0.05) is 17.7 Å². The molecule has 4 rings (SSSR count). The summed E-state index contributed by atoms with van der Waals surface area (Å²) in [6.45, 7) is 0. The van der Waals surface area contributed by atoms with E-state index in [1.165, 1.54) is 9.25 Å². The Bertz CT molecular complexity index is 1190. The number of thioether (sulfide) groups is 1. The molecule has 1 aliphatic rings. The van der Waals surface area contributed by atoms with E-state index in [-0.39, 0.29) is 16.8 Å². The number of rotatable bonds is 4. The highest BCUT2D eigenvalue weighted by atomic mass is 79.9. The average Bonchev–Trinajstić information content (AvgIpc) is 3.29. The third kappa shape index (κ3) is 3.81. The second-order valence-electron chi connectivity index (χ2n) is 6.93. The van der Waals surface area contributed by atoms with E-state index in [0.29, 0.717) is 19.8 Å². The summed E-state index contributed by atoms with van der Waals surface area (Å²) in [5.41, 5.74) is -2.56. The van der Waals surface area contributed by atoms with Gasteiger partial charge in [-0.3, -0.25) is 0 Å². The molecule has 0 radical (unpaired) electrons. The molecule has 1 fully saturated rings. The van der Waals surface area contributed by atoms with Crippen LogP contribution in [0.3, 0.4) is 0 Å². The van der Waals surface area contributed by atoms with Crippen molar-refractivity contribution in [3.63, 3.8) is 0 Å². The molecule has 0 atom stereocenters. The van der Waals surface area contributed by atoms with E-state index in [1.807, 2.05) is 12.1 Å². The average molecular weight is 581 g/mol. The molecule has 30 heavy (non-hydrogen) atoms. The van der Waals surface area contributed by atoms with Crippen LogP contribution >= 0.6 is 55.2 Å². The van der Waals surface area contributed by atoms with Crippen LogP contribution in [0.15, 0.2) is 44.6 Å². The van der Waals surface area contributed by atoms with Crippen LogP contribution in [0.1, 0.15) is 18.4 Å². The minimum Gasteiger partial charge on any atom is -0.322 e. The molecule has 156 valence electrons. The molecule has 0 amide bonds. The predicted octanol–water partition coefficient (Wildman–Crippen LogP) is 7.22. The lowest BCUT2D eigenvalue weighted by molar-refractivity contribution is -0.0330. The summed E-state index contributed by atoms with van der Waals surface area (Å²) in [4.78, 5) is 0. The first kappa shape index (κ1) is 21.8. The summed E-state index contributed by atoms with van der Waals surface area (Å²) in [6.07, 6.45) is 4.90. The van der Waals surface area contributed by atoms with Gasteiger partial charge in [0.15, 0.2) is 0 Å². The van der Waals surface area contributed by atoms with Crippen molar-refractivity contribution >= 4 is 55.2 Å². The van der Waals surface area contributed by atoms with Gasteiger partial charge in [0.05, 0.1) is 26.6 Å². The van der Waals surface area contributed by atoms with Gasteiger partial charge in [0.1, 0.15) is 10.8 Å². The van der Waals surface area contributed by atoms with Gasteiger partial charge < -0.3 is 4.57 Å². The van der Waals surface area contributed by atoms with Gasteiger partial charge in [0.2, 0.25) is 0 Å². The topological polar surface area (TPSA) is 46.5 Å². The van der Waals surface area contributed by atoms with Crippen molar-refractivity contribution < 1.29 is 13.2 Å². The summed E-state index contributed by atoms with van der Waals surface area (Å²) >= 11 is 12.7. The molecule has 0 unspecified atom stereocenters. The Morgan fingerprint density at radius 2 is 1.93 bits per heavy atom. The molecule has 0 N–H and O–H groups in total. The molecule has 4 nitrogen and oxygen atoms in total. The zero-order chi connectivity index (χ0) is 21.8. The van der Waals surface area contributed by atoms with E-state index in [1.54, 1.807) is 25.5 Å². The van der Waals surface area contributed by atoms with E-state index >= 15 is 0 Å². The van der Waals surface area contributed by atoms with Gasteiger partial charge in [0.25, 0.3) is 0 Å². The minimum atomic E-state index is -4.42. The lowest BCUT2D eigenvalue weighted by atomic mass is 9.94. The smallest absolute Gasteiger partial charge is 0.322 e. The Morgan fingerprint density at radius 3 is 2.53 bits per heavy atom. The molecule has 1 aliphatic carbocycles. The Kier molecular flexibility index (Phi) is 5.54. The number of hydrogen-bond donors (Lipinski definition) is 0. The molecule has 0 spiro atoms. The molecular weight excluding hydrogens is 569 g/mol. The van der Waals surface area contributed by atoms with Crippen LogP contribution in [0, 0.1) is 11.3 Å². The van der Waals surface area contributed by atoms with Crippen LogP contribution in [0.5, 0.6) is 0 Å². The molecule has 2 aromatic heterocycles. The van der Waals surface area contributed by atoms with E-state index in [2.05, 4.69) is 43.0 Å². The molecule has 2 heterocycles. The zero-order valence-electron chi connectivity index (χ0n) is 15.3. The highest BCUT2D eigenvalue weighted by Crippen LogP contribution is 2.51. The third-order valence-corrected chi connectivity index (χ3v) is 8.54. The van der Waals surface area contributed by atoms with Crippen molar-refractivity contribution in [2.75, 3.05) is 0 Å². The van der Waals surface area contributed by atoms with E-state index in [4.69, 9.17) is 11.6 Å². The highest BCUT2D eigenvalue weighted by molar-refractivity contribution is 9.13. The number of halogens is 6. The van der Waals surface area contributed by atoms with Gasteiger partial charge >= 0.3 is 5.51 Å². The number of hydrogen-bond acceptors (Lipinski definition) is 3. The predicted molar refractivity (Wildman–Crippen MR) is 117 cm³/mol. The summed E-state index contributed by atoms with van der Waals surface area (Å²) in [6, 6.07) is 7.83. The van der Waals surface area contributed by atoms with Crippen molar-refractivity contribution in [2.45, 2.75) is 28.8 Å². The van der Waals surface area contributed by atoms with E-state index in [0.717, 1.165) is 29.5 Å². The third-order valence-electron chi connectivity index (χ3n) is 4.99. The maximum atomic E-state index is 12.9. The fourth-order valence-electron chi connectivity index (χ4n) is 3.29. The standard InChI is InChI=1S/C19H12Br2ClF3N4S/c1-28-16(14(20)15(21)17(28)30-19(23,24)25)29-8-11(7-27-29)10-2-3-13(22)12(6-10)18(9-26)4-5-18/h2-3,6-8H,4-5H2,1H3. The summed E-state index contributed by atoms with van der Waals surface area (Å²) in [5.74, 6) is 0.449. The van der Waals surface area contributed by atoms with Crippen molar-refractivity contribution in [3.8, 4) is 23.0 Å². The molecule has 1 saturated carbocycles. The Balaban J connectivity index is 1.74. The lowest BCUT2D eigenvalue weighted by Gasteiger charge is -2.11. The summed E-state index contributed by atoms with van der Waals surface area (Å²) < 4.78 is 42.5. The van der Waals surface area contributed by atoms with E-state index < -0.39 is 10.9 Å². The number of alkyl halides is 3. The van der Waals surface area contributed by atoms with Crippen LogP contribution in [0.4, 0.5) is 13.2 Å². The quantitative estimate of drug-likeness (QED) is 0.306. The first-order chi connectivity index (χ1) is 14.1. The van der Waals surface area contributed by atoms with Crippen molar-refractivity contribution in [2.24, 2.45) is 7.05 Å². The highest BCUT2D eigenvalue weighted by Gasteiger charge is 2.46. The van der Waals surface area contributed by atoms with Crippen molar-refractivity contribution in [1.82, 2.24) is 14.3 Å². The first-order valence-corrected chi connectivity index (χ1v) is 11.4. The summed E-state index contributed by atoms with van der Waals surface area (Å²) in [5, 5.41) is 14.4. The lowest BCUT2D eigenvalue weighted by Crippen LogP contribution is -2.06. The van der Waals surface area contributed by atoms with Crippen LogP contribution in [-0.2, 0) is 12.5 Å². The molecule has 1 aromatic carbocycles. The second kappa shape index (κ2) is 7.62. The Labute approximate surface area is 196 Å². The zero-order valence-corrected chi connectivity index (χ0v) is 20.0. The monoisotopic (exact) mass is 578 g/mol. The fraction of sp³-hybridized carbons (Fsp3) is 0.263. The number of aromatic nitrogens is 3. The minimum absolute atomic E-state index is 0.0138. The Hall–Kier alpha value is -1.41. The number of benzene rings is 1. The van der Waals surface area contributed by atoms with Gasteiger partial charge in [-0.2, -0.15) is 23.5 Å². The molecule has 3 aromatic rings. The molecule has 11 heteroatoms. The van der Waals surface area contributed by atoms with E-state index in [9.17, 15) is 18.4 Å². The summed E-state index contributed by atoms with van der Waals surface area (Å²) in [7, 11) is 1.55. The largest absolute Gasteiger partial charge is 0.447 e. The van der Waals surface area contributed by atoms with Gasteiger partial charge in [-0.05, 0) is 68.0 Å². The normalized spacial score (nSPS) is 15.3. The van der Waals surface area contributed by atoms with Crippen LogP contribution in [-0.4, -0.2) is 19.9 Å².